The summed E-state index contributed by atoms with van der Waals surface area (Å²) in [5, 5.41) is 9.56. The van der Waals surface area contributed by atoms with Gasteiger partial charge in [0.2, 0.25) is 5.91 Å². The lowest BCUT2D eigenvalue weighted by atomic mass is 10.1. The largest absolute Gasteiger partial charge is 0.416 e. The van der Waals surface area contributed by atoms with Crippen LogP contribution in [-0.4, -0.2) is 17.1 Å². The molecular weight excluding hydrogens is 287 g/mol. The molecule has 2 unspecified atom stereocenters. The van der Waals surface area contributed by atoms with Crippen LogP contribution in [0.2, 0.25) is 0 Å². The predicted octanol–water partition coefficient (Wildman–Crippen LogP) is 2.41. The van der Waals surface area contributed by atoms with E-state index < -0.39 is 29.7 Å². The molecule has 1 aliphatic carbocycles. The molecule has 0 aliphatic heterocycles. The second-order valence-corrected chi connectivity index (χ2v) is 5.05. The Morgan fingerprint density at radius 2 is 1.95 bits per heavy atom. The van der Waals surface area contributed by atoms with Crippen molar-refractivity contribution in [3.8, 4) is 0 Å². The Morgan fingerprint density at radius 3 is 2.48 bits per heavy atom. The number of hydrogen-bond acceptors (Lipinski definition) is 3. The Bertz CT molecular complexity index is 487. The highest BCUT2D eigenvalue weighted by atomic mass is 19.4. The number of rotatable bonds is 4. The number of aliphatic hydroxyl groups is 1. The maximum atomic E-state index is 12.4. The van der Waals surface area contributed by atoms with Gasteiger partial charge in [0.05, 0.1) is 24.2 Å². The summed E-state index contributed by atoms with van der Waals surface area (Å²) < 4.78 is 37.1. The fourth-order valence-corrected chi connectivity index (χ4v) is 2.30. The van der Waals surface area contributed by atoms with Crippen LogP contribution < -0.4 is 5.48 Å². The zero-order valence-electron chi connectivity index (χ0n) is 11.2. The van der Waals surface area contributed by atoms with Crippen molar-refractivity contribution in [3.05, 3.63) is 35.4 Å². The van der Waals surface area contributed by atoms with Crippen LogP contribution in [0.15, 0.2) is 24.3 Å². The molecule has 4 nitrogen and oxygen atoms in total. The number of hydrogen-bond donors (Lipinski definition) is 2. The van der Waals surface area contributed by atoms with E-state index in [4.69, 9.17) is 4.84 Å². The smallest absolute Gasteiger partial charge is 0.392 e. The molecule has 0 saturated heterocycles. The summed E-state index contributed by atoms with van der Waals surface area (Å²) >= 11 is 0. The average molecular weight is 303 g/mol. The molecular formula is C14H16F3NO3. The summed E-state index contributed by atoms with van der Waals surface area (Å²) in [5.41, 5.74) is 2.00. The van der Waals surface area contributed by atoms with Crippen molar-refractivity contribution in [2.24, 2.45) is 5.92 Å². The molecule has 0 spiro atoms. The van der Waals surface area contributed by atoms with Crippen molar-refractivity contribution in [2.75, 3.05) is 0 Å². The third kappa shape index (κ3) is 4.18. The Hall–Kier alpha value is -1.60. The number of nitrogens with one attached hydrogen (secondary N) is 1. The van der Waals surface area contributed by atoms with Crippen LogP contribution in [0.1, 0.15) is 30.4 Å². The minimum Gasteiger partial charge on any atom is -0.392 e. The SMILES string of the molecule is O=C(NOCc1ccc(C(F)(F)F)cc1)C1CCCC1O. The number of hydroxylamine groups is 1. The van der Waals surface area contributed by atoms with E-state index in [0.717, 1.165) is 18.6 Å². The summed E-state index contributed by atoms with van der Waals surface area (Å²) in [5.74, 6) is -0.871. The molecule has 116 valence electrons. The van der Waals surface area contributed by atoms with E-state index in [9.17, 15) is 23.1 Å². The van der Waals surface area contributed by atoms with Gasteiger partial charge in [-0.2, -0.15) is 13.2 Å². The van der Waals surface area contributed by atoms with Gasteiger partial charge in [0, 0.05) is 0 Å². The molecule has 0 heterocycles. The van der Waals surface area contributed by atoms with Gasteiger partial charge in [-0.25, -0.2) is 5.48 Å². The predicted molar refractivity (Wildman–Crippen MR) is 67.7 cm³/mol. The normalized spacial score (nSPS) is 22.3. The van der Waals surface area contributed by atoms with Crippen LogP contribution >= 0.6 is 0 Å². The van der Waals surface area contributed by atoms with Crippen LogP contribution in [-0.2, 0) is 22.4 Å². The Balaban J connectivity index is 1.79. The van der Waals surface area contributed by atoms with Gasteiger partial charge in [-0.1, -0.05) is 12.1 Å². The molecule has 2 rings (SSSR count). The number of amides is 1. The number of carbonyl (C=O) groups excluding carboxylic acids is 1. The minimum absolute atomic E-state index is 0.0350. The quantitative estimate of drug-likeness (QED) is 0.840. The topological polar surface area (TPSA) is 58.6 Å². The van der Waals surface area contributed by atoms with Gasteiger partial charge in [0.25, 0.3) is 0 Å². The number of carbonyl (C=O) groups is 1. The third-order valence-corrected chi connectivity index (χ3v) is 3.51. The first-order chi connectivity index (χ1) is 9.88. The Morgan fingerprint density at radius 1 is 1.29 bits per heavy atom. The second-order valence-electron chi connectivity index (χ2n) is 5.05. The molecule has 0 radical (unpaired) electrons. The lowest BCUT2D eigenvalue weighted by Crippen LogP contribution is -2.34. The van der Waals surface area contributed by atoms with Crippen molar-refractivity contribution in [1.82, 2.24) is 5.48 Å². The van der Waals surface area contributed by atoms with Crippen LogP contribution in [0.5, 0.6) is 0 Å². The highest BCUT2D eigenvalue weighted by Crippen LogP contribution is 2.29. The van der Waals surface area contributed by atoms with Crippen LogP contribution in [0.4, 0.5) is 13.2 Å². The molecule has 1 saturated carbocycles. The van der Waals surface area contributed by atoms with E-state index in [2.05, 4.69) is 5.48 Å². The first kappa shape index (κ1) is 15.8. The summed E-state index contributed by atoms with van der Waals surface area (Å²) in [6, 6.07) is 4.50. The summed E-state index contributed by atoms with van der Waals surface area (Å²) in [7, 11) is 0. The van der Waals surface area contributed by atoms with Crippen molar-refractivity contribution < 1.29 is 27.9 Å². The molecule has 0 bridgehead atoms. The van der Waals surface area contributed by atoms with E-state index in [0.29, 0.717) is 18.4 Å². The monoisotopic (exact) mass is 303 g/mol. The van der Waals surface area contributed by atoms with E-state index >= 15 is 0 Å². The van der Waals surface area contributed by atoms with Gasteiger partial charge < -0.3 is 5.11 Å². The highest BCUT2D eigenvalue weighted by Gasteiger charge is 2.32. The zero-order chi connectivity index (χ0) is 15.5. The molecule has 2 N–H and O–H groups in total. The summed E-state index contributed by atoms with van der Waals surface area (Å²) in [6.07, 6.45) is -3.03. The second kappa shape index (κ2) is 6.44. The molecule has 21 heavy (non-hydrogen) atoms. The number of benzene rings is 1. The molecule has 0 aromatic heterocycles. The van der Waals surface area contributed by atoms with Crippen LogP contribution in [0, 0.1) is 5.92 Å². The van der Waals surface area contributed by atoms with E-state index in [1.807, 2.05) is 0 Å². The first-order valence-electron chi connectivity index (χ1n) is 6.64. The van der Waals surface area contributed by atoms with Gasteiger partial charge in [-0.3, -0.25) is 9.63 Å². The maximum absolute atomic E-state index is 12.4. The molecule has 2 atom stereocenters. The van der Waals surface area contributed by atoms with Crippen molar-refractivity contribution in [3.63, 3.8) is 0 Å². The fourth-order valence-electron chi connectivity index (χ4n) is 2.30. The van der Waals surface area contributed by atoms with Gasteiger partial charge in [0.1, 0.15) is 0 Å². The minimum atomic E-state index is -4.37. The first-order valence-corrected chi connectivity index (χ1v) is 6.64. The zero-order valence-corrected chi connectivity index (χ0v) is 11.2. The molecule has 1 aromatic rings. The Kier molecular flexibility index (Phi) is 4.84. The molecule has 1 aromatic carbocycles. The van der Waals surface area contributed by atoms with Crippen LogP contribution in [0.25, 0.3) is 0 Å². The van der Waals surface area contributed by atoms with Gasteiger partial charge >= 0.3 is 6.18 Å². The summed E-state index contributed by atoms with van der Waals surface area (Å²) in [6.45, 7) is -0.0350. The third-order valence-electron chi connectivity index (χ3n) is 3.51. The van der Waals surface area contributed by atoms with E-state index in [1.165, 1.54) is 12.1 Å². The molecule has 1 fully saturated rings. The van der Waals surface area contributed by atoms with E-state index in [-0.39, 0.29) is 6.61 Å². The van der Waals surface area contributed by atoms with E-state index in [1.54, 1.807) is 0 Å². The van der Waals surface area contributed by atoms with Crippen LogP contribution in [0.3, 0.4) is 0 Å². The average Bonchev–Trinajstić information content (AvgIpc) is 2.84. The standard InChI is InChI=1S/C14H16F3NO3/c15-14(16,17)10-6-4-9(5-7-10)8-21-18-13(20)11-2-1-3-12(11)19/h4-7,11-12,19H,1-3,8H2,(H,18,20). The van der Waals surface area contributed by atoms with Gasteiger partial charge in [-0.15, -0.1) is 0 Å². The van der Waals surface area contributed by atoms with Gasteiger partial charge in [0.15, 0.2) is 0 Å². The maximum Gasteiger partial charge on any atom is 0.416 e. The van der Waals surface area contributed by atoms with Gasteiger partial charge in [-0.05, 0) is 37.0 Å². The van der Waals surface area contributed by atoms with Crippen molar-refractivity contribution in [1.29, 1.82) is 0 Å². The lowest BCUT2D eigenvalue weighted by molar-refractivity contribution is -0.141. The molecule has 1 aliphatic rings. The lowest BCUT2D eigenvalue weighted by Gasteiger charge is -2.14. The fraction of sp³-hybridized carbons (Fsp3) is 0.500. The number of alkyl halides is 3. The van der Waals surface area contributed by atoms with Crippen molar-refractivity contribution >= 4 is 5.91 Å². The Labute approximate surface area is 119 Å². The number of halogens is 3. The number of aliphatic hydroxyl groups excluding tert-OH is 1. The highest BCUT2D eigenvalue weighted by molar-refractivity contribution is 5.78. The molecule has 7 heteroatoms. The molecule has 1 amide bonds. The van der Waals surface area contributed by atoms with Crippen molar-refractivity contribution in [2.45, 2.75) is 38.1 Å². The summed E-state index contributed by atoms with van der Waals surface area (Å²) in [4.78, 5) is 16.7.